The molecule has 0 spiro atoms. The molecule has 3 aromatic rings. The number of nitrogens with one attached hydrogen (secondary N) is 1. The number of methoxy groups -OCH3 is 1. The molecule has 166 valence electrons. The fourth-order valence-corrected chi connectivity index (χ4v) is 2.80. The Balaban J connectivity index is 0.000000614. The van der Waals surface area contributed by atoms with Gasteiger partial charge in [0.25, 0.3) is 0 Å². The van der Waals surface area contributed by atoms with Gasteiger partial charge in [-0.15, -0.1) is 0 Å². The van der Waals surface area contributed by atoms with E-state index in [1.807, 2.05) is 42.5 Å². The Labute approximate surface area is 176 Å². The highest BCUT2D eigenvalue weighted by Gasteiger charge is 2.20. The number of benzene rings is 2. The van der Waals surface area contributed by atoms with Gasteiger partial charge in [0, 0.05) is 5.56 Å². The number of aliphatic carboxylic acids is 1. The molecular formula is C21H22BF4NO4. The fraction of sp³-hybridized carbons (Fsp3) is 0.238. The summed E-state index contributed by atoms with van der Waals surface area (Å²) in [5.41, 5.74) is 2.88. The molecule has 2 aromatic carbocycles. The van der Waals surface area contributed by atoms with E-state index < -0.39 is 13.2 Å². The van der Waals surface area contributed by atoms with Crippen LogP contribution in [0.25, 0.3) is 22.3 Å². The predicted molar refractivity (Wildman–Crippen MR) is 109 cm³/mol. The molecule has 5 nitrogen and oxygen atoms in total. The first kappa shape index (κ1) is 24.0. The van der Waals surface area contributed by atoms with Crippen LogP contribution in [0.1, 0.15) is 18.9 Å². The first-order valence-electron chi connectivity index (χ1n) is 9.48. The van der Waals surface area contributed by atoms with Crippen LogP contribution < -0.4 is 15.1 Å². The summed E-state index contributed by atoms with van der Waals surface area (Å²) >= 11 is 0. The SMILES string of the molecule is CCc1ccc2oc(-c3ccc(OC)cc3)cc(=[NH+]CCC(=O)O)c2c1.F[B-](F)(F)F. The molecule has 0 atom stereocenters. The molecule has 0 aliphatic rings. The second-order valence-corrected chi connectivity index (χ2v) is 6.50. The number of fused-ring (bicyclic) bond motifs is 1. The molecule has 0 aliphatic heterocycles. The van der Waals surface area contributed by atoms with Crippen LogP contribution in [0.5, 0.6) is 5.75 Å². The third-order valence-corrected chi connectivity index (χ3v) is 4.27. The zero-order chi connectivity index (χ0) is 23.0. The van der Waals surface area contributed by atoms with Gasteiger partial charge in [-0.05, 0) is 48.4 Å². The van der Waals surface area contributed by atoms with Crippen molar-refractivity contribution in [2.75, 3.05) is 13.7 Å². The summed E-state index contributed by atoms with van der Waals surface area (Å²) in [4.78, 5) is 14.1. The van der Waals surface area contributed by atoms with E-state index in [9.17, 15) is 22.1 Å². The summed E-state index contributed by atoms with van der Waals surface area (Å²) < 4.78 is 50.3. The minimum absolute atomic E-state index is 0.0544. The van der Waals surface area contributed by atoms with Crippen molar-refractivity contribution in [3.63, 3.8) is 0 Å². The molecule has 0 unspecified atom stereocenters. The largest absolute Gasteiger partial charge is 0.673 e. The number of carbonyl (C=O) groups is 1. The number of carboxylic acid groups (broad SMARTS) is 1. The molecule has 0 radical (unpaired) electrons. The molecule has 1 heterocycles. The highest BCUT2D eigenvalue weighted by molar-refractivity contribution is 6.50. The van der Waals surface area contributed by atoms with Gasteiger partial charge < -0.3 is 31.5 Å². The standard InChI is InChI=1S/C21H21NO4.BF4/c1-3-14-4-9-19-17(12-14)18(22-11-10-21(23)24)13-20(26-19)15-5-7-16(25-2)8-6-15;2-1(3,4)5/h4-9,12-13H,3,10-11H2,1-2H3,(H,23,24);/q;-1/p+1. The smallest absolute Gasteiger partial charge is 0.497 e. The Morgan fingerprint density at radius 3 is 2.29 bits per heavy atom. The number of carboxylic acids is 1. The zero-order valence-electron chi connectivity index (χ0n) is 17.0. The van der Waals surface area contributed by atoms with Gasteiger partial charge in [-0.2, -0.15) is 0 Å². The van der Waals surface area contributed by atoms with Gasteiger partial charge in [-0.3, -0.25) is 4.79 Å². The van der Waals surface area contributed by atoms with Crippen LogP contribution in [0.4, 0.5) is 17.3 Å². The summed E-state index contributed by atoms with van der Waals surface area (Å²) in [6.45, 7) is 2.45. The van der Waals surface area contributed by atoms with Gasteiger partial charge in [0.2, 0.25) is 5.36 Å². The lowest BCUT2D eigenvalue weighted by Crippen LogP contribution is -2.77. The molecule has 0 saturated heterocycles. The fourth-order valence-electron chi connectivity index (χ4n) is 2.80. The summed E-state index contributed by atoms with van der Waals surface area (Å²) in [7, 11) is -4.37. The van der Waals surface area contributed by atoms with E-state index in [-0.39, 0.29) is 6.42 Å². The molecule has 10 heteroatoms. The number of halogens is 4. The average molecular weight is 439 g/mol. The van der Waals surface area contributed by atoms with Crippen molar-refractivity contribution in [2.45, 2.75) is 19.8 Å². The van der Waals surface area contributed by atoms with Gasteiger partial charge in [-0.1, -0.05) is 13.0 Å². The van der Waals surface area contributed by atoms with Gasteiger partial charge in [0.15, 0.2) is 6.54 Å². The first-order valence-corrected chi connectivity index (χ1v) is 9.48. The lowest BCUT2D eigenvalue weighted by Gasteiger charge is -2.05. The third kappa shape index (κ3) is 7.80. The lowest BCUT2D eigenvalue weighted by molar-refractivity contribution is -0.498. The molecule has 0 bridgehead atoms. The van der Waals surface area contributed by atoms with E-state index in [1.165, 1.54) is 5.56 Å². The van der Waals surface area contributed by atoms with Crippen molar-refractivity contribution >= 4 is 24.2 Å². The van der Waals surface area contributed by atoms with Crippen LogP contribution >= 0.6 is 0 Å². The van der Waals surface area contributed by atoms with E-state index in [1.54, 1.807) is 7.11 Å². The normalized spacial score (nSPS) is 11.7. The molecule has 0 saturated carbocycles. The topological polar surface area (TPSA) is 73.6 Å². The van der Waals surface area contributed by atoms with E-state index >= 15 is 0 Å². The highest BCUT2D eigenvalue weighted by Crippen LogP contribution is 2.24. The number of hydrogen-bond donors (Lipinski definition) is 2. The highest BCUT2D eigenvalue weighted by atomic mass is 19.5. The van der Waals surface area contributed by atoms with E-state index in [2.05, 4.69) is 18.0 Å². The molecule has 0 aliphatic carbocycles. The van der Waals surface area contributed by atoms with Crippen molar-refractivity contribution in [2.24, 2.45) is 0 Å². The predicted octanol–water partition coefficient (Wildman–Crippen LogP) is 3.43. The molecule has 3 rings (SSSR count). The van der Waals surface area contributed by atoms with Gasteiger partial charge in [-0.25, -0.2) is 4.99 Å². The maximum Gasteiger partial charge on any atom is 0.673 e. The van der Waals surface area contributed by atoms with Crippen LogP contribution in [0.15, 0.2) is 52.9 Å². The average Bonchev–Trinajstić information content (AvgIpc) is 2.72. The Morgan fingerprint density at radius 1 is 1.10 bits per heavy atom. The van der Waals surface area contributed by atoms with Crippen molar-refractivity contribution in [1.29, 1.82) is 0 Å². The van der Waals surface area contributed by atoms with Crippen LogP contribution in [0.2, 0.25) is 0 Å². The number of aryl methyl sites for hydroxylation is 1. The van der Waals surface area contributed by atoms with E-state index in [0.29, 0.717) is 12.3 Å². The van der Waals surface area contributed by atoms with E-state index in [4.69, 9.17) is 14.3 Å². The van der Waals surface area contributed by atoms with Gasteiger partial charge in [0.1, 0.15) is 23.5 Å². The third-order valence-electron chi connectivity index (χ3n) is 4.27. The summed E-state index contributed by atoms with van der Waals surface area (Å²) in [6, 6.07) is 15.6. The molecule has 1 aromatic heterocycles. The van der Waals surface area contributed by atoms with Crippen LogP contribution in [0, 0.1) is 0 Å². The maximum absolute atomic E-state index is 10.8. The molecular weight excluding hydrogens is 417 g/mol. The van der Waals surface area contributed by atoms with Crippen LogP contribution in [-0.4, -0.2) is 32.0 Å². The summed E-state index contributed by atoms with van der Waals surface area (Å²) in [5, 5.41) is 10.7. The van der Waals surface area contributed by atoms with Crippen molar-refractivity contribution in [1.82, 2.24) is 0 Å². The Hall–Kier alpha value is -3.30. The molecule has 2 N–H and O–H groups in total. The lowest BCUT2D eigenvalue weighted by atomic mass is 10.1. The van der Waals surface area contributed by atoms with Crippen molar-refractivity contribution in [3.8, 4) is 17.1 Å². The van der Waals surface area contributed by atoms with Crippen molar-refractivity contribution in [3.05, 3.63) is 59.5 Å². The number of hydrogen-bond acceptors (Lipinski definition) is 3. The first-order chi connectivity index (χ1) is 14.6. The number of ether oxygens (including phenoxy) is 1. The quantitative estimate of drug-likeness (QED) is 0.456. The Kier molecular flexibility index (Phi) is 8.24. The zero-order valence-corrected chi connectivity index (χ0v) is 17.0. The molecule has 0 fully saturated rings. The number of rotatable bonds is 6. The Morgan fingerprint density at radius 2 is 1.74 bits per heavy atom. The molecule has 31 heavy (non-hydrogen) atoms. The van der Waals surface area contributed by atoms with Gasteiger partial charge in [0.05, 0.1) is 18.6 Å². The Bertz CT molecular complexity index is 1090. The maximum atomic E-state index is 10.8. The minimum atomic E-state index is -6.00. The monoisotopic (exact) mass is 439 g/mol. The summed E-state index contributed by atoms with van der Waals surface area (Å²) in [5.74, 6) is 0.663. The summed E-state index contributed by atoms with van der Waals surface area (Å²) in [6.07, 6.45) is 0.976. The minimum Gasteiger partial charge on any atom is -0.497 e. The van der Waals surface area contributed by atoms with E-state index in [0.717, 1.165) is 34.1 Å². The van der Waals surface area contributed by atoms with Crippen LogP contribution in [-0.2, 0) is 11.2 Å². The second kappa shape index (κ2) is 10.6. The van der Waals surface area contributed by atoms with Crippen molar-refractivity contribution < 1.29 is 41.3 Å². The molecule has 0 amide bonds. The second-order valence-electron chi connectivity index (χ2n) is 6.50. The van der Waals surface area contributed by atoms with Gasteiger partial charge >= 0.3 is 13.2 Å². The van der Waals surface area contributed by atoms with Crippen LogP contribution in [0.3, 0.4) is 0 Å².